The Balaban J connectivity index is 0.000000606. The van der Waals surface area contributed by atoms with E-state index in [1.807, 2.05) is 26.0 Å². The van der Waals surface area contributed by atoms with Crippen molar-refractivity contribution in [1.29, 1.82) is 0 Å². The van der Waals surface area contributed by atoms with Crippen LogP contribution in [-0.2, 0) is 0 Å². The van der Waals surface area contributed by atoms with Crippen LogP contribution in [0, 0.1) is 5.41 Å². The second-order valence-corrected chi connectivity index (χ2v) is 4.33. The van der Waals surface area contributed by atoms with Gasteiger partial charge in [0.2, 0.25) is 0 Å². The van der Waals surface area contributed by atoms with Gasteiger partial charge in [-0.3, -0.25) is 0 Å². The topological polar surface area (TPSA) is 0 Å². The van der Waals surface area contributed by atoms with Crippen molar-refractivity contribution in [3.63, 3.8) is 0 Å². The minimum absolute atomic E-state index is 0.119. The van der Waals surface area contributed by atoms with E-state index in [0.717, 1.165) is 6.42 Å². The maximum atomic E-state index is 3.90. The van der Waals surface area contributed by atoms with Crippen molar-refractivity contribution in [2.24, 2.45) is 5.41 Å². The lowest BCUT2D eigenvalue weighted by Gasteiger charge is -2.22. The molecule has 2 rings (SSSR count). The van der Waals surface area contributed by atoms with E-state index in [1.165, 1.54) is 22.3 Å². The highest BCUT2D eigenvalue weighted by molar-refractivity contribution is 5.69. The maximum absolute atomic E-state index is 3.90. The van der Waals surface area contributed by atoms with Gasteiger partial charge in [-0.1, -0.05) is 65.2 Å². The van der Waals surface area contributed by atoms with Crippen LogP contribution in [0.3, 0.4) is 0 Å². The van der Waals surface area contributed by atoms with Gasteiger partial charge in [-0.2, -0.15) is 0 Å². The third-order valence-corrected chi connectivity index (χ3v) is 3.27. The summed E-state index contributed by atoms with van der Waals surface area (Å²) in [4.78, 5) is 0. The molecule has 0 heteroatoms. The van der Waals surface area contributed by atoms with Crippen molar-refractivity contribution < 1.29 is 0 Å². The Hall–Kier alpha value is -1.30. The predicted molar refractivity (Wildman–Crippen MR) is 73.3 cm³/mol. The van der Waals surface area contributed by atoms with Crippen LogP contribution in [0.5, 0.6) is 0 Å². The molecule has 0 aromatic heterocycles. The van der Waals surface area contributed by atoms with Crippen LogP contribution in [0.2, 0.25) is 0 Å². The Kier molecular flexibility index (Phi) is 3.74. The molecule has 0 saturated carbocycles. The molecule has 2 aliphatic rings. The molecule has 0 bridgehead atoms. The molecule has 0 amide bonds. The highest BCUT2D eigenvalue weighted by Crippen LogP contribution is 2.52. The second-order valence-electron chi connectivity index (χ2n) is 4.33. The van der Waals surface area contributed by atoms with E-state index >= 15 is 0 Å². The van der Waals surface area contributed by atoms with Gasteiger partial charge in [0.05, 0.1) is 0 Å². The van der Waals surface area contributed by atoms with Gasteiger partial charge in [0.15, 0.2) is 0 Å². The Labute approximate surface area is 99.8 Å². The molecule has 0 spiro atoms. The molecule has 0 nitrogen and oxygen atoms in total. The first-order valence-corrected chi connectivity index (χ1v) is 6.04. The van der Waals surface area contributed by atoms with E-state index < -0.39 is 0 Å². The van der Waals surface area contributed by atoms with Crippen molar-refractivity contribution in [3.8, 4) is 0 Å². The van der Waals surface area contributed by atoms with Crippen LogP contribution >= 0.6 is 0 Å². The quantitative estimate of drug-likeness (QED) is 0.608. The first-order valence-electron chi connectivity index (χ1n) is 6.04. The molecule has 0 heterocycles. The summed E-state index contributed by atoms with van der Waals surface area (Å²) in [6.45, 7) is 16.3. The lowest BCUT2D eigenvalue weighted by molar-refractivity contribution is 0.579. The van der Waals surface area contributed by atoms with Gasteiger partial charge in [-0.15, -0.1) is 0 Å². The van der Waals surface area contributed by atoms with E-state index in [-0.39, 0.29) is 5.41 Å². The Morgan fingerprint density at radius 3 is 2.25 bits per heavy atom. The number of allylic oxidation sites excluding steroid dienone is 8. The van der Waals surface area contributed by atoms with Crippen LogP contribution in [0.15, 0.2) is 59.8 Å². The first-order chi connectivity index (χ1) is 7.62. The fourth-order valence-electron chi connectivity index (χ4n) is 2.57. The molecular formula is C16H22. The molecule has 0 N–H and O–H groups in total. The van der Waals surface area contributed by atoms with E-state index in [1.54, 1.807) is 0 Å². The molecule has 16 heavy (non-hydrogen) atoms. The smallest absolute Gasteiger partial charge is 0.0155 e. The van der Waals surface area contributed by atoms with Gasteiger partial charge >= 0.3 is 0 Å². The normalized spacial score (nSPS) is 20.5. The fraction of sp³-hybridized carbons (Fsp3) is 0.375. The average molecular weight is 214 g/mol. The summed E-state index contributed by atoms with van der Waals surface area (Å²) < 4.78 is 0. The largest absolute Gasteiger partial charge is 0.0987 e. The highest BCUT2D eigenvalue weighted by Gasteiger charge is 2.38. The van der Waals surface area contributed by atoms with E-state index in [0.29, 0.717) is 0 Å². The van der Waals surface area contributed by atoms with E-state index in [2.05, 4.69) is 39.2 Å². The van der Waals surface area contributed by atoms with Crippen molar-refractivity contribution in [3.05, 3.63) is 59.8 Å². The molecule has 0 radical (unpaired) electrons. The fourth-order valence-corrected chi connectivity index (χ4v) is 2.57. The highest BCUT2D eigenvalue weighted by atomic mass is 14.4. The van der Waals surface area contributed by atoms with Crippen molar-refractivity contribution in [1.82, 2.24) is 0 Å². The summed E-state index contributed by atoms with van der Waals surface area (Å²) >= 11 is 0. The van der Waals surface area contributed by atoms with Crippen LogP contribution in [-0.4, -0.2) is 0 Å². The monoisotopic (exact) mass is 214 g/mol. The molecule has 0 atom stereocenters. The van der Waals surface area contributed by atoms with Crippen LogP contribution in [0.4, 0.5) is 0 Å². The number of hydrogen-bond acceptors (Lipinski definition) is 0. The van der Waals surface area contributed by atoms with Gasteiger partial charge in [0, 0.05) is 5.41 Å². The van der Waals surface area contributed by atoms with E-state index in [9.17, 15) is 0 Å². The lowest BCUT2D eigenvalue weighted by Crippen LogP contribution is -2.11. The van der Waals surface area contributed by atoms with Gasteiger partial charge in [0.1, 0.15) is 0 Å². The van der Waals surface area contributed by atoms with Gasteiger partial charge in [-0.05, 0) is 28.7 Å². The summed E-state index contributed by atoms with van der Waals surface area (Å²) in [6, 6.07) is 0. The Morgan fingerprint density at radius 1 is 1.12 bits per heavy atom. The molecule has 86 valence electrons. The van der Waals surface area contributed by atoms with Crippen LogP contribution in [0.25, 0.3) is 0 Å². The zero-order valence-corrected chi connectivity index (χ0v) is 10.9. The van der Waals surface area contributed by atoms with Crippen LogP contribution < -0.4 is 0 Å². The summed E-state index contributed by atoms with van der Waals surface area (Å²) in [5.74, 6) is 0. The first kappa shape index (κ1) is 12.8. The molecule has 2 aliphatic carbocycles. The van der Waals surface area contributed by atoms with Gasteiger partial charge < -0.3 is 0 Å². The minimum Gasteiger partial charge on any atom is -0.0987 e. The summed E-state index contributed by atoms with van der Waals surface area (Å²) in [6.07, 6.45) is 9.59. The number of rotatable bonds is 2. The molecule has 0 aromatic carbocycles. The molecule has 0 fully saturated rings. The number of fused-ring (bicyclic) bond motifs is 1. The molecular weight excluding hydrogens is 192 g/mol. The average Bonchev–Trinajstić information content (AvgIpc) is 2.83. The SMILES string of the molecule is C=CC1=C(C=C)C(C)(C)C2=CCC=C21.CC. The summed E-state index contributed by atoms with van der Waals surface area (Å²) in [5.41, 5.74) is 5.52. The van der Waals surface area contributed by atoms with Crippen LogP contribution in [0.1, 0.15) is 34.1 Å². The zero-order chi connectivity index (χ0) is 12.3. The van der Waals surface area contributed by atoms with Gasteiger partial charge in [-0.25, -0.2) is 0 Å². The van der Waals surface area contributed by atoms with Gasteiger partial charge in [0.25, 0.3) is 0 Å². The lowest BCUT2D eigenvalue weighted by atomic mass is 9.81. The molecule has 0 aromatic rings. The molecule has 0 aliphatic heterocycles. The predicted octanol–water partition coefficient (Wildman–Crippen LogP) is 4.98. The zero-order valence-electron chi connectivity index (χ0n) is 10.9. The van der Waals surface area contributed by atoms with Crippen molar-refractivity contribution in [2.45, 2.75) is 34.1 Å². The number of hydrogen-bond donors (Lipinski definition) is 0. The Bertz CT molecular complexity index is 398. The molecule has 0 saturated heterocycles. The third kappa shape index (κ3) is 1.63. The summed E-state index contributed by atoms with van der Waals surface area (Å²) in [5, 5.41) is 0. The van der Waals surface area contributed by atoms with Crippen molar-refractivity contribution >= 4 is 0 Å². The van der Waals surface area contributed by atoms with E-state index in [4.69, 9.17) is 0 Å². The maximum Gasteiger partial charge on any atom is 0.0155 e. The summed E-state index contributed by atoms with van der Waals surface area (Å²) in [7, 11) is 0. The minimum atomic E-state index is 0.119. The standard InChI is InChI=1S/C14H16.C2H6/c1-5-10-11-8-7-9-13(11)14(3,4)12(10)6-2;1-2/h5-6,8-9H,1-2,7H2,3-4H3;1-2H3. The molecule has 0 unspecified atom stereocenters. The van der Waals surface area contributed by atoms with Crippen molar-refractivity contribution in [2.75, 3.05) is 0 Å². The second kappa shape index (κ2) is 4.69. The Morgan fingerprint density at radius 2 is 1.75 bits per heavy atom. The third-order valence-electron chi connectivity index (χ3n) is 3.27.